The molecule has 0 N–H and O–H groups in total. The van der Waals surface area contributed by atoms with E-state index >= 15 is 0 Å². The number of carbonyl (C=O) groups excluding carboxylic acids is 1. The zero-order chi connectivity index (χ0) is 12.3. The van der Waals surface area contributed by atoms with Crippen molar-refractivity contribution >= 4 is 5.91 Å². The summed E-state index contributed by atoms with van der Waals surface area (Å²) in [6, 6.07) is 6.68. The summed E-state index contributed by atoms with van der Waals surface area (Å²) in [5.74, 6) is -0.149. The third-order valence-electron chi connectivity index (χ3n) is 3.41. The van der Waals surface area contributed by atoms with E-state index in [1.807, 2.05) is 4.90 Å². The Kier molecular flexibility index (Phi) is 3.77. The second kappa shape index (κ2) is 5.30. The van der Waals surface area contributed by atoms with Crippen molar-refractivity contribution in [3.05, 3.63) is 35.6 Å². The molecular weight excluding hydrogens is 217 g/mol. The van der Waals surface area contributed by atoms with Crippen LogP contribution in [0, 0.1) is 5.82 Å². The molecule has 1 amide bonds. The van der Waals surface area contributed by atoms with Crippen molar-refractivity contribution in [3.63, 3.8) is 0 Å². The molecule has 1 fully saturated rings. The number of benzene rings is 1. The van der Waals surface area contributed by atoms with E-state index in [9.17, 15) is 9.18 Å². The van der Waals surface area contributed by atoms with E-state index in [0.29, 0.717) is 12.5 Å². The summed E-state index contributed by atoms with van der Waals surface area (Å²) in [4.78, 5) is 14.0. The number of nitrogens with zero attached hydrogens (tertiary/aromatic N) is 1. The van der Waals surface area contributed by atoms with Crippen LogP contribution >= 0.6 is 0 Å². The smallest absolute Gasteiger partial charge is 0.227 e. The van der Waals surface area contributed by atoms with Crippen molar-refractivity contribution in [2.24, 2.45) is 0 Å². The Morgan fingerprint density at radius 3 is 3.06 bits per heavy atom. The predicted octanol–water partition coefficient (Wildman–Crippen LogP) is 2.77. The molecule has 2 rings (SSSR count). The molecule has 17 heavy (non-hydrogen) atoms. The molecular formula is C14H18FNO. The van der Waals surface area contributed by atoms with Crippen LogP contribution in [0.1, 0.15) is 31.7 Å². The van der Waals surface area contributed by atoms with E-state index in [2.05, 4.69) is 6.92 Å². The van der Waals surface area contributed by atoms with E-state index in [0.717, 1.165) is 31.4 Å². The van der Waals surface area contributed by atoms with Crippen LogP contribution in [-0.4, -0.2) is 23.4 Å². The average molecular weight is 235 g/mol. The number of carbonyl (C=O) groups is 1. The highest BCUT2D eigenvalue weighted by Gasteiger charge is 2.26. The second-order valence-corrected chi connectivity index (χ2v) is 4.60. The first kappa shape index (κ1) is 12.1. The van der Waals surface area contributed by atoms with E-state index in [1.54, 1.807) is 12.1 Å². The summed E-state index contributed by atoms with van der Waals surface area (Å²) in [6.45, 7) is 2.96. The highest BCUT2D eigenvalue weighted by atomic mass is 19.1. The molecule has 1 heterocycles. The summed E-state index contributed by atoms with van der Waals surface area (Å²) in [6.07, 6.45) is 3.52. The molecule has 0 aliphatic carbocycles. The zero-order valence-electron chi connectivity index (χ0n) is 10.2. The molecule has 0 radical (unpaired) electrons. The Balaban J connectivity index is 2.01. The SMILES string of the molecule is CCC1CCCN1C(=O)Cc1cccc(F)c1. The number of rotatable bonds is 3. The van der Waals surface area contributed by atoms with Gasteiger partial charge in [0.05, 0.1) is 6.42 Å². The Bertz CT molecular complexity index is 405. The molecule has 0 spiro atoms. The van der Waals surface area contributed by atoms with Gasteiger partial charge in [-0.15, -0.1) is 0 Å². The Hall–Kier alpha value is -1.38. The fourth-order valence-corrected chi connectivity index (χ4v) is 2.51. The van der Waals surface area contributed by atoms with Crippen LogP contribution < -0.4 is 0 Å². The number of likely N-dealkylation sites (tertiary alicyclic amines) is 1. The molecule has 2 nitrogen and oxygen atoms in total. The molecule has 0 bridgehead atoms. The average Bonchev–Trinajstić information content (AvgIpc) is 2.77. The van der Waals surface area contributed by atoms with E-state index in [-0.39, 0.29) is 11.7 Å². The molecule has 92 valence electrons. The van der Waals surface area contributed by atoms with Gasteiger partial charge in [0.2, 0.25) is 5.91 Å². The zero-order valence-corrected chi connectivity index (χ0v) is 10.2. The minimum atomic E-state index is -0.274. The van der Waals surface area contributed by atoms with Crippen LogP contribution in [-0.2, 0) is 11.2 Å². The second-order valence-electron chi connectivity index (χ2n) is 4.60. The summed E-state index contributed by atoms with van der Waals surface area (Å²) >= 11 is 0. The van der Waals surface area contributed by atoms with Gasteiger partial charge in [-0.1, -0.05) is 19.1 Å². The van der Waals surface area contributed by atoms with Gasteiger partial charge in [-0.25, -0.2) is 4.39 Å². The maximum atomic E-state index is 13.0. The number of hydrogen-bond donors (Lipinski definition) is 0. The van der Waals surface area contributed by atoms with Gasteiger partial charge in [-0.3, -0.25) is 4.79 Å². The van der Waals surface area contributed by atoms with Gasteiger partial charge in [-0.2, -0.15) is 0 Å². The highest BCUT2D eigenvalue weighted by Crippen LogP contribution is 2.21. The molecule has 1 aliphatic heterocycles. The summed E-state index contributed by atoms with van der Waals surface area (Å²) in [7, 11) is 0. The van der Waals surface area contributed by atoms with E-state index < -0.39 is 0 Å². The monoisotopic (exact) mass is 235 g/mol. The fourth-order valence-electron chi connectivity index (χ4n) is 2.51. The molecule has 1 aliphatic rings. The summed E-state index contributed by atoms with van der Waals surface area (Å²) < 4.78 is 13.0. The lowest BCUT2D eigenvalue weighted by Gasteiger charge is -2.23. The van der Waals surface area contributed by atoms with Gasteiger partial charge in [0.1, 0.15) is 5.82 Å². The lowest BCUT2D eigenvalue weighted by molar-refractivity contribution is -0.131. The number of amides is 1. The standard InChI is InChI=1S/C14H18FNO/c1-2-13-7-4-8-16(13)14(17)10-11-5-3-6-12(15)9-11/h3,5-6,9,13H,2,4,7-8,10H2,1H3. The first-order valence-corrected chi connectivity index (χ1v) is 6.24. The quantitative estimate of drug-likeness (QED) is 0.789. The van der Waals surface area contributed by atoms with Gasteiger partial charge in [0.15, 0.2) is 0 Å². The van der Waals surface area contributed by atoms with Crippen molar-refractivity contribution in [2.75, 3.05) is 6.54 Å². The fraction of sp³-hybridized carbons (Fsp3) is 0.500. The topological polar surface area (TPSA) is 20.3 Å². The molecule has 1 atom stereocenters. The maximum Gasteiger partial charge on any atom is 0.227 e. The Labute approximate surface area is 101 Å². The van der Waals surface area contributed by atoms with Gasteiger partial charge in [0.25, 0.3) is 0 Å². The normalized spacial score (nSPS) is 19.6. The lowest BCUT2D eigenvalue weighted by atomic mass is 10.1. The number of halogens is 1. The maximum absolute atomic E-state index is 13.0. The molecule has 0 saturated carbocycles. The summed E-state index contributed by atoms with van der Waals surface area (Å²) in [5.41, 5.74) is 0.761. The van der Waals surface area contributed by atoms with Crippen molar-refractivity contribution in [3.8, 4) is 0 Å². The van der Waals surface area contributed by atoms with E-state index in [4.69, 9.17) is 0 Å². The molecule has 0 aromatic heterocycles. The van der Waals surface area contributed by atoms with Gasteiger partial charge in [0, 0.05) is 12.6 Å². The minimum Gasteiger partial charge on any atom is -0.339 e. The van der Waals surface area contributed by atoms with Crippen LogP contribution in [0.25, 0.3) is 0 Å². The van der Waals surface area contributed by atoms with Crippen molar-refractivity contribution < 1.29 is 9.18 Å². The third kappa shape index (κ3) is 2.84. The molecule has 3 heteroatoms. The largest absolute Gasteiger partial charge is 0.339 e. The van der Waals surface area contributed by atoms with Gasteiger partial charge < -0.3 is 4.90 Å². The predicted molar refractivity (Wildman–Crippen MR) is 65.1 cm³/mol. The van der Waals surface area contributed by atoms with Crippen LogP contribution in [0.2, 0.25) is 0 Å². The molecule has 1 aromatic carbocycles. The molecule has 1 aromatic rings. The Morgan fingerprint density at radius 2 is 2.35 bits per heavy atom. The first-order chi connectivity index (χ1) is 8.20. The molecule has 1 saturated heterocycles. The van der Waals surface area contributed by atoms with Crippen LogP contribution in [0.3, 0.4) is 0 Å². The first-order valence-electron chi connectivity index (χ1n) is 6.24. The minimum absolute atomic E-state index is 0.125. The van der Waals surface area contributed by atoms with E-state index in [1.165, 1.54) is 12.1 Å². The van der Waals surface area contributed by atoms with Crippen molar-refractivity contribution in [2.45, 2.75) is 38.6 Å². The molecule has 1 unspecified atom stereocenters. The number of hydrogen-bond acceptors (Lipinski definition) is 1. The van der Waals surface area contributed by atoms with Crippen molar-refractivity contribution in [1.29, 1.82) is 0 Å². The third-order valence-corrected chi connectivity index (χ3v) is 3.41. The lowest BCUT2D eigenvalue weighted by Crippen LogP contribution is -2.36. The van der Waals surface area contributed by atoms with Crippen LogP contribution in [0.15, 0.2) is 24.3 Å². The van der Waals surface area contributed by atoms with Gasteiger partial charge in [-0.05, 0) is 37.0 Å². The van der Waals surface area contributed by atoms with Crippen LogP contribution in [0.5, 0.6) is 0 Å². The Morgan fingerprint density at radius 1 is 1.53 bits per heavy atom. The summed E-state index contributed by atoms with van der Waals surface area (Å²) in [5, 5.41) is 0. The highest BCUT2D eigenvalue weighted by molar-refractivity contribution is 5.79. The van der Waals surface area contributed by atoms with Crippen LogP contribution in [0.4, 0.5) is 4.39 Å². The van der Waals surface area contributed by atoms with Crippen molar-refractivity contribution in [1.82, 2.24) is 4.90 Å². The van der Waals surface area contributed by atoms with Gasteiger partial charge >= 0.3 is 0 Å².